The highest BCUT2D eigenvalue weighted by atomic mass is 32.2. The van der Waals surface area contributed by atoms with Gasteiger partial charge in [0.2, 0.25) is 15.9 Å². The number of ether oxygens (including phenoxy) is 2. The van der Waals surface area contributed by atoms with Gasteiger partial charge in [0.15, 0.2) is 11.5 Å². The molecule has 0 aliphatic carbocycles. The first-order chi connectivity index (χ1) is 11.3. The van der Waals surface area contributed by atoms with Crippen LogP contribution in [0.25, 0.3) is 0 Å². The second-order valence-corrected chi connectivity index (χ2v) is 8.12. The number of carbonyl (C=O) groups is 1. The number of rotatable bonds is 3. The Hall–Kier alpha value is -1.80. The summed E-state index contributed by atoms with van der Waals surface area (Å²) in [6.07, 6.45) is 1.48. The number of amides is 1. The van der Waals surface area contributed by atoms with E-state index in [1.54, 1.807) is 4.90 Å². The summed E-state index contributed by atoms with van der Waals surface area (Å²) in [6.45, 7) is 4.55. The van der Waals surface area contributed by atoms with Crippen LogP contribution in [0, 0.1) is 6.92 Å². The van der Waals surface area contributed by atoms with Crippen molar-refractivity contribution >= 4 is 15.9 Å². The van der Waals surface area contributed by atoms with Crippen LogP contribution in [0.3, 0.4) is 0 Å². The van der Waals surface area contributed by atoms with E-state index in [1.807, 2.05) is 19.1 Å². The van der Waals surface area contributed by atoms with Crippen molar-refractivity contribution in [3.8, 4) is 11.5 Å². The molecule has 1 fully saturated rings. The second kappa shape index (κ2) is 6.60. The lowest BCUT2D eigenvalue weighted by atomic mass is 10.0. The predicted molar refractivity (Wildman–Crippen MR) is 88.9 cm³/mol. The normalized spacial score (nSPS) is 18.5. The molecule has 1 aromatic rings. The average Bonchev–Trinajstić information content (AvgIpc) is 2.55. The van der Waals surface area contributed by atoms with Gasteiger partial charge in [0.05, 0.1) is 12.7 Å². The number of hydrogen-bond donors (Lipinski definition) is 0. The molecule has 8 heteroatoms. The van der Waals surface area contributed by atoms with E-state index in [-0.39, 0.29) is 12.3 Å². The molecule has 1 saturated heterocycles. The number of sulfonamides is 1. The Kier molecular flexibility index (Phi) is 4.69. The molecule has 2 aliphatic heterocycles. The third kappa shape index (κ3) is 3.64. The van der Waals surface area contributed by atoms with Crippen LogP contribution in [-0.2, 0) is 21.2 Å². The molecular formula is C16H22N2O5S. The minimum atomic E-state index is -3.19. The molecule has 0 radical (unpaired) electrons. The highest BCUT2D eigenvalue weighted by Crippen LogP contribution is 2.33. The molecule has 7 nitrogen and oxygen atoms in total. The van der Waals surface area contributed by atoms with Crippen molar-refractivity contribution in [3.05, 3.63) is 23.3 Å². The molecule has 1 amide bonds. The van der Waals surface area contributed by atoms with E-state index in [0.29, 0.717) is 45.1 Å². The number of fused-ring (bicyclic) bond motifs is 1. The largest absolute Gasteiger partial charge is 0.486 e. The maximum absolute atomic E-state index is 12.5. The van der Waals surface area contributed by atoms with Gasteiger partial charge in [-0.3, -0.25) is 4.79 Å². The molecule has 2 aliphatic rings. The van der Waals surface area contributed by atoms with Gasteiger partial charge >= 0.3 is 0 Å². The van der Waals surface area contributed by atoms with Gasteiger partial charge in [-0.2, -0.15) is 4.31 Å². The van der Waals surface area contributed by atoms with E-state index in [2.05, 4.69) is 0 Å². The van der Waals surface area contributed by atoms with E-state index in [4.69, 9.17) is 9.47 Å². The second-order valence-electron chi connectivity index (χ2n) is 6.14. The topological polar surface area (TPSA) is 76.2 Å². The molecule has 132 valence electrons. The van der Waals surface area contributed by atoms with Crippen LogP contribution in [-0.4, -0.2) is 69.2 Å². The van der Waals surface area contributed by atoms with Crippen molar-refractivity contribution < 1.29 is 22.7 Å². The number of piperazine rings is 1. The zero-order valence-corrected chi connectivity index (χ0v) is 14.8. The lowest BCUT2D eigenvalue weighted by Crippen LogP contribution is -2.50. The number of aryl methyl sites for hydroxylation is 1. The van der Waals surface area contributed by atoms with Crippen LogP contribution in [0.1, 0.15) is 11.1 Å². The predicted octanol–water partition coefficient (Wildman–Crippen LogP) is 0.413. The summed E-state index contributed by atoms with van der Waals surface area (Å²) < 4.78 is 35.6. The Morgan fingerprint density at radius 1 is 1.08 bits per heavy atom. The molecule has 0 atom stereocenters. The van der Waals surface area contributed by atoms with Gasteiger partial charge in [0, 0.05) is 26.2 Å². The summed E-state index contributed by atoms with van der Waals surface area (Å²) in [5, 5.41) is 0. The Balaban J connectivity index is 1.65. The monoisotopic (exact) mass is 354 g/mol. The Labute approximate surface area is 142 Å². The van der Waals surface area contributed by atoms with E-state index >= 15 is 0 Å². The summed E-state index contributed by atoms with van der Waals surface area (Å²) in [5.74, 6) is 1.40. The summed E-state index contributed by atoms with van der Waals surface area (Å²) in [7, 11) is -3.19. The molecule has 0 aromatic heterocycles. The van der Waals surface area contributed by atoms with Gasteiger partial charge in [-0.25, -0.2) is 8.42 Å². The lowest BCUT2D eigenvalue weighted by Gasteiger charge is -2.33. The maximum atomic E-state index is 12.5. The van der Waals surface area contributed by atoms with Crippen molar-refractivity contribution in [2.24, 2.45) is 0 Å². The first-order valence-corrected chi connectivity index (χ1v) is 9.81. The highest BCUT2D eigenvalue weighted by Gasteiger charge is 2.26. The molecule has 0 saturated carbocycles. The van der Waals surface area contributed by atoms with Crippen LogP contribution < -0.4 is 9.47 Å². The lowest BCUT2D eigenvalue weighted by molar-refractivity contribution is -0.131. The zero-order chi connectivity index (χ0) is 17.3. The van der Waals surface area contributed by atoms with Gasteiger partial charge in [0.1, 0.15) is 13.2 Å². The van der Waals surface area contributed by atoms with Crippen molar-refractivity contribution in [2.45, 2.75) is 13.3 Å². The third-order valence-corrected chi connectivity index (χ3v) is 5.71. The van der Waals surface area contributed by atoms with E-state index < -0.39 is 10.0 Å². The Bertz CT molecular complexity index is 739. The minimum absolute atomic E-state index is 0.00271. The van der Waals surface area contributed by atoms with E-state index in [0.717, 1.165) is 16.9 Å². The number of hydrogen-bond acceptors (Lipinski definition) is 5. The first-order valence-electron chi connectivity index (χ1n) is 7.96. The Morgan fingerprint density at radius 2 is 1.67 bits per heavy atom. The molecule has 1 aromatic carbocycles. The van der Waals surface area contributed by atoms with E-state index in [9.17, 15) is 13.2 Å². The molecule has 2 heterocycles. The summed E-state index contributed by atoms with van der Waals surface area (Å²) >= 11 is 0. The van der Waals surface area contributed by atoms with Crippen LogP contribution in [0.5, 0.6) is 11.5 Å². The maximum Gasteiger partial charge on any atom is 0.227 e. The highest BCUT2D eigenvalue weighted by molar-refractivity contribution is 7.88. The molecule has 0 bridgehead atoms. The van der Waals surface area contributed by atoms with Crippen molar-refractivity contribution in [2.75, 3.05) is 45.6 Å². The van der Waals surface area contributed by atoms with Gasteiger partial charge in [0.25, 0.3) is 0 Å². The van der Waals surface area contributed by atoms with Crippen LogP contribution >= 0.6 is 0 Å². The summed E-state index contributed by atoms with van der Waals surface area (Å²) in [4.78, 5) is 14.3. The molecule has 0 unspecified atom stereocenters. The van der Waals surface area contributed by atoms with Crippen LogP contribution in [0.15, 0.2) is 12.1 Å². The van der Waals surface area contributed by atoms with E-state index in [1.165, 1.54) is 10.6 Å². The fourth-order valence-electron chi connectivity index (χ4n) is 2.97. The summed E-state index contributed by atoms with van der Waals surface area (Å²) in [5.41, 5.74) is 1.90. The van der Waals surface area contributed by atoms with Crippen LogP contribution in [0.4, 0.5) is 0 Å². The molecule has 0 spiro atoms. The van der Waals surface area contributed by atoms with Crippen molar-refractivity contribution in [1.29, 1.82) is 0 Å². The molecule has 24 heavy (non-hydrogen) atoms. The molecule has 0 N–H and O–H groups in total. The van der Waals surface area contributed by atoms with Gasteiger partial charge < -0.3 is 14.4 Å². The average molecular weight is 354 g/mol. The third-order valence-electron chi connectivity index (χ3n) is 4.40. The van der Waals surface area contributed by atoms with Gasteiger partial charge in [-0.05, 0) is 30.2 Å². The van der Waals surface area contributed by atoms with Crippen molar-refractivity contribution in [3.63, 3.8) is 0 Å². The van der Waals surface area contributed by atoms with Crippen LogP contribution in [0.2, 0.25) is 0 Å². The minimum Gasteiger partial charge on any atom is -0.486 e. The Morgan fingerprint density at radius 3 is 2.25 bits per heavy atom. The summed E-state index contributed by atoms with van der Waals surface area (Å²) in [6, 6.07) is 3.77. The standard InChI is InChI=1S/C16H22N2O5S/c1-12-9-14-15(23-8-7-22-14)10-13(12)11-16(19)17-3-5-18(6-4-17)24(2,20)21/h9-10H,3-8,11H2,1-2H3. The fourth-order valence-corrected chi connectivity index (χ4v) is 3.79. The molecule has 3 rings (SSSR count). The van der Waals surface area contributed by atoms with Crippen molar-refractivity contribution in [1.82, 2.24) is 9.21 Å². The van der Waals surface area contributed by atoms with Gasteiger partial charge in [-0.15, -0.1) is 0 Å². The first kappa shape index (κ1) is 17.0. The zero-order valence-electron chi connectivity index (χ0n) is 13.9. The number of nitrogens with zero attached hydrogens (tertiary/aromatic N) is 2. The quantitative estimate of drug-likeness (QED) is 0.786. The van der Waals surface area contributed by atoms with Gasteiger partial charge in [-0.1, -0.05) is 0 Å². The molecular weight excluding hydrogens is 332 g/mol. The number of benzene rings is 1. The number of carbonyl (C=O) groups excluding carboxylic acids is 1. The SMILES string of the molecule is Cc1cc2c(cc1CC(=O)N1CCN(S(C)(=O)=O)CC1)OCCO2. The fraction of sp³-hybridized carbons (Fsp3) is 0.562. The smallest absolute Gasteiger partial charge is 0.227 e.